The van der Waals surface area contributed by atoms with Crippen LogP contribution in [0.1, 0.15) is 31.7 Å². The topological polar surface area (TPSA) is 91.0 Å². The number of hydrogen-bond donors (Lipinski definition) is 2. The summed E-state index contributed by atoms with van der Waals surface area (Å²) < 4.78 is 16.2. The van der Waals surface area contributed by atoms with Crippen molar-refractivity contribution in [2.45, 2.75) is 26.2 Å². The van der Waals surface area contributed by atoms with Gasteiger partial charge in [0.1, 0.15) is 5.75 Å². The molecule has 0 aliphatic carbocycles. The van der Waals surface area contributed by atoms with Crippen molar-refractivity contribution in [1.82, 2.24) is 0 Å². The second kappa shape index (κ2) is 8.62. The van der Waals surface area contributed by atoms with Crippen LogP contribution < -0.4 is 19.9 Å². The molecule has 3 unspecified atom stereocenters. The molecule has 6 heteroatoms. The summed E-state index contributed by atoms with van der Waals surface area (Å²) in [6.45, 7) is 4.18. The summed E-state index contributed by atoms with van der Waals surface area (Å²) in [6, 6.07) is 3.67. The van der Waals surface area contributed by atoms with Crippen molar-refractivity contribution in [3.63, 3.8) is 0 Å². The fraction of sp³-hybridized carbons (Fsp3) is 0.588. The highest BCUT2D eigenvalue weighted by Crippen LogP contribution is 2.42. The van der Waals surface area contributed by atoms with Crippen LogP contribution in [0.25, 0.3) is 0 Å². The second-order valence-electron chi connectivity index (χ2n) is 5.72. The summed E-state index contributed by atoms with van der Waals surface area (Å²) in [5, 5.41) is 9.19. The lowest BCUT2D eigenvalue weighted by molar-refractivity contribution is -0.142. The lowest BCUT2D eigenvalue weighted by atomic mass is 9.82. The molecule has 1 rings (SSSR count). The molecule has 1 aromatic rings. The van der Waals surface area contributed by atoms with E-state index in [-0.39, 0.29) is 18.4 Å². The lowest BCUT2D eigenvalue weighted by Crippen LogP contribution is -2.26. The van der Waals surface area contributed by atoms with Gasteiger partial charge in [-0.1, -0.05) is 13.8 Å². The van der Waals surface area contributed by atoms with Gasteiger partial charge in [-0.3, -0.25) is 4.79 Å². The van der Waals surface area contributed by atoms with E-state index < -0.39 is 11.9 Å². The van der Waals surface area contributed by atoms with Crippen molar-refractivity contribution in [2.75, 3.05) is 27.9 Å². The first-order valence-corrected chi connectivity index (χ1v) is 7.62. The Kier molecular flexibility index (Phi) is 7.16. The zero-order valence-electron chi connectivity index (χ0n) is 14.5. The van der Waals surface area contributed by atoms with E-state index in [2.05, 4.69) is 0 Å². The van der Waals surface area contributed by atoms with Gasteiger partial charge < -0.3 is 25.1 Å². The molecule has 3 N–H and O–H groups in total. The Hall–Kier alpha value is -1.95. The monoisotopic (exact) mass is 325 g/mol. The Morgan fingerprint density at radius 2 is 1.83 bits per heavy atom. The quantitative estimate of drug-likeness (QED) is 0.725. The average molecular weight is 325 g/mol. The fourth-order valence-electron chi connectivity index (χ4n) is 2.68. The molecule has 0 aromatic heterocycles. The van der Waals surface area contributed by atoms with Crippen LogP contribution in [0.5, 0.6) is 17.2 Å². The molecule has 3 atom stereocenters. The largest absolute Gasteiger partial charge is 0.497 e. The van der Waals surface area contributed by atoms with Crippen molar-refractivity contribution in [1.29, 1.82) is 0 Å². The summed E-state index contributed by atoms with van der Waals surface area (Å²) in [7, 11) is 4.75. The number of carboxylic acid groups (broad SMARTS) is 1. The molecule has 0 aliphatic rings. The number of ether oxygens (including phenoxy) is 3. The van der Waals surface area contributed by atoms with E-state index >= 15 is 0 Å². The first kappa shape index (κ1) is 19.1. The van der Waals surface area contributed by atoms with Crippen LogP contribution in [0.15, 0.2) is 12.1 Å². The van der Waals surface area contributed by atoms with Gasteiger partial charge in [-0.25, -0.2) is 0 Å². The number of rotatable bonds is 9. The van der Waals surface area contributed by atoms with E-state index in [9.17, 15) is 9.90 Å². The van der Waals surface area contributed by atoms with Crippen LogP contribution in [0.4, 0.5) is 0 Å². The van der Waals surface area contributed by atoms with Gasteiger partial charge in [-0.15, -0.1) is 0 Å². The van der Waals surface area contributed by atoms with E-state index in [4.69, 9.17) is 19.9 Å². The number of aliphatic carboxylic acids is 1. The maximum absolute atomic E-state index is 11.2. The number of carbonyl (C=O) groups is 1. The molecule has 23 heavy (non-hydrogen) atoms. The molecule has 0 spiro atoms. The highest BCUT2D eigenvalue weighted by atomic mass is 16.5. The Bertz CT molecular complexity index is 532. The summed E-state index contributed by atoms with van der Waals surface area (Å²) in [5.41, 5.74) is 6.49. The minimum Gasteiger partial charge on any atom is -0.497 e. The predicted molar refractivity (Wildman–Crippen MR) is 88.5 cm³/mol. The third-order valence-corrected chi connectivity index (χ3v) is 4.35. The smallest absolute Gasteiger partial charge is 0.307 e. The minimum atomic E-state index is -0.860. The summed E-state index contributed by atoms with van der Waals surface area (Å²) in [6.07, 6.45) is 0.496. The van der Waals surface area contributed by atoms with Gasteiger partial charge in [-0.2, -0.15) is 0 Å². The zero-order valence-corrected chi connectivity index (χ0v) is 14.5. The molecule has 0 heterocycles. The van der Waals surface area contributed by atoms with Gasteiger partial charge in [0.25, 0.3) is 0 Å². The Morgan fingerprint density at radius 3 is 2.26 bits per heavy atom. The molecule has 0 saturated carbocycles. The number of methoxy groups -OCH3 is 3. The molecular formula is C17H27NO5. The summed E-state index contributed by atoms with van der Waals surface area (Å²) in [5.74, 6) is 0.660. The van der Waals surface area contributed by atoms with Gasteiger partial charge in [-0.05, 0) is 24.3 Å². The maximum Gasteiger partial charge on any atom is 0.307 e. The number of hydrogen-bond acceptors (Lipinski definition) is 5. The molecule has 1 aromatic carbocycles. The molecule has 0 fully saturated rings. The van der Waals surface area contributed by atoms with Crippen molar-refractivity contribution in [3.8, 4) is 17.2 Å². The molecule has 0 bridgehead atoms. The fourth-order valence-corrected chi connectivity index (χ4v) is 2.68. The van der Waals surface area contributed by atoms with E-state index in [0.29, 0.717) is 23.7 Å². The van der Waals surface area contributed by atoms with E-state index in [1.165, 1.54) is 0 Å². The molecule has 0 saturated heterocycles. The number of carboxylic acids is 1. The normalized spacial score (nSPS) is 14.7. The summed E-state index contributed by atoms with van der Waals surface area (Å²) in [4.78, 5) is 11.2. The van der Waals surface area contributed by atoms with Crippen molar-refractivity contribution in [2.24, 2.45) is 17.6 Å². The standard InChI is InChI=1S/C17H27NO5/c1-10(6-12(9-18)17(19)20)11(2)14-7-13(21-3)8-15(22-4)16(14)23-5/h7-8,10-12H,6,9,18H2,1-5H3,(H,19,20). The van der Waals surface area contributed by atoms with Gasteiger partial charge >= 0.3 is 5.97 Å². The Labute approximate surface area is 137 Å². The Morgan fingerprint density at radius 1 is 1.17 bits per heavy atom. The van der Waals surface area contributed by atoms with Crippen LogP contribution in [0, 0.1) is 11.8 Å². The predicted octanol–water partition coefficient (Wildman–Crippen LogP) is 2.50. The molecule has 6 nitrogen and oxygen atoms in total. The van der Waals surface area contributed by atoms with Gasteiger partial charge in [0.15, 0.2) is 11.5 Å². The SMILES string of the molecule is COc1cc(OC)c(OC)c(C(C)C(C)CC(CN)C(=O)O)c1. The zero-order chi connectivity index (χ0) is 17.6. The molecular weight excluding hydrogens is 298 g/mol. The average Bonchev–Trinajstić information content (AvgIpc) is 2.56. The molecule has 0 radical (unpaired) electrons. The first-order chi connectivity index (χ1) is 10.9. The second-order valence-corrected chi connectivity index (χ2v) is 5.72. The van der Waals surface area contributed by atoms with Gasteiger partial charge in [0.05, 0.1) is 27.2 Å². The van der Waals surface area contributed by atoms with Crippen molar-refractivity contribution in [3.05, 3.63) is 17.7 Å². The highest BCUT2D eigenvalue weighted by molar-refractivity contribution is 5.70. The van der Waals surface area contributed by atoms with E-state index in [1.807, 2.05) is 19.9 Å². The molecule has 130 valence electrons. The van der Waals surface area contributed by atoms with Crippen molar-refractivity contribution >= 4 is 5.97 Å². The minimum absolute atomic E-state index is 0.0577. The van der Waals surface area contributed by atoms with Crippen LogP contribution >= 0.6 is 0 Å². The third-order valence-electron chi connectivity index (χ3n) is 4.35. The number of benzene rings is 1. The summed E-state index contributed by atoms with van der Waals surface area (Å²) >= 11 is 0. The lowest BCUT2D eigenvalue weighted by Gasteiger charge is -2.25. The van der Waals surface area contributed by atoms with E-state index in [1.54, 1.807) is 27.4 Å². The molecule has 0 amide bonds. The highest BCUT2D eigenvalue weighted by Gasteiger charge is 2.26. The molecule has 0 aliphatic heterocycles. The van der Waals surface area contributed by atoms with Gasteiger partial charge in [0, 0.05) is 18.2 Å². The van der Waals surface area contributed by atoms with Crippen molar-refractivity contribution < 1.29 is 24.1 Å². The first-order valence-electron chi connectivity index (χ1n) is 7.62. The van der Waals surface area contributed by atoms with Gasteiger partial charge in [0.2, 0.25) is 0 Å². The number of nitrogens with two attached hydrogens (primary N) is 1. The van der Waals surface area contributed by atoms with Crippen LogP contribution in [-0.4, -0.2) is 38.9 Å². The van der Waals surface area contributed by atoms with Crippen LogP contribution in [0.2, 0.25) is 0 Å². The van der Waals surface area contributed by atoms with E-state index in [0.717, 1.165) is 5.56 Å². The third kappa shape index (κ3) is 4.51. The maximum atomic E-state index is 11.2. The van der Waals surface area contributed by atoms with Crippen LogP contribution in [0.3, 0.4) is 0 Å². The Balaban J connectivity index is 3.14. The van der Waals surface area contributed by atoms with Crippen LogP contribution in [-0.2, 0) is 4.79 Å².